The number of piperidine rings is 1. The van der Waals surface area contributed by atoms with Crippen molar-refractivity contribution in [1.29, 1.82) is 0 Å². The molecule has 1 atom stereocenters. The molecule has 1 N–H and O–H groups in total. The van der Waals surface area contributed by atoms with Crippen molar-refractivity contribution in [2.45, 2.75) is 108 Å². The molecular weight excluding hydrogens is 384 g/mol. The molecular formula is C26H44N4O. The number of aromatic amines is 1. The van der Waals surface area contributed by atoms with Crippen molar-refractivity contribution in [3.05, 3.63) is 17.5 Å². The van der Waals surface area contributed by atoms with Gasteiger partial charge in [0.15, 0.2) is 0 Å². The highest BCUT2D eigenvalue weighted by Crippen LogP contribution is 2.34. The normalized spacial score (nSPS) is 27.6. The Balaban J connectivity index is 1.20. The largest absolute Gasteiger partial charge is 0.377 e. The van der Waals surface area contributed by atoms with Crippen LogP contribution in [-0.2, 0) is 11.3 Å². The van der Waals surface area contributed by atoms with Crippen molar-refractivity contribution < 1.29 is 4.74 Å². The van der Waals surface area contributed by atoms with E-state index in [2.05, 4.69) is 26.2 Å². The molecule has 0 spiro atoms. The predicted molar refractivity (Wildman–Crippen MR) is 125 cm³/mol. The van der Waals surface area contributed by atoms with Gasteiger partial charge in [-0.15, -0.1) is 0 Å². The molecule has 0 amide bonds. The lowest BCUT2D eigenvalue weighted by Crippen LogP contribution is -2.43. The van der Waals surface area contributed by atoms with E-state index in [1.54, 1.807) is 0 Å². The van der Waals surface area contributed by atoms with Crippen molar-refractivity contribution in [3.63, 3.8) is 0 Å². The minimum Gasteiger partial charge on any atom is -0.377 e. The second-order valence-electron chi connectivity index (χ2n) is 10.9. The fourth-order valence-corrected chi connectivity index (χ4v) is 6.85. The van der Waals surface area contributed by atoms with Gasteiger partial charge in [0, 0.05) is 49.5 Å². The lowest BCUT2D eigenvalue weighted by Gasteiger charge is -2.38. The SMILES string of the molecule is c1n[nH]c(C2CCCCC2)c1CN(CC1CCN(C2CCCC2)CC1)C[C@@H]1CCCO1. The quantitative estimate of drug-likeness (QED) is 0.626. The van der Waals surface area contributed by atoms with Gasteiger partial charge >= 0.3 is 0 Å². The van der Waals surface area contributed by atoms with Gasteiger partial charge in [-0.2, -0.15) is 5.10 Å². The second-order valence-corrected chi connectivity index (χ2v) is 10.9. The topological polar surface area (TPSA) is 44.4 Å². The monoisotopic (exact) mass is 428 g/mol. The van der Waals surface area contributed by atoms with Crippen LogP contribution < -0.4 is 0 Å². The summed E-state index contributed by atoms with van der Waals surface area (Å²) in [4.78, 5) is 5.54. The summed E-state index contributed by atoms with van der Waals surface area (Å²) in [6.07, 6.45) is 20.4. The Hall–Kier alpha value is -0.910. The zero-order valence-corrected chi connectivity index (χ0v) is 19.6. The molecule has 2 saturated heterocycles. The van der Waals surface area contributed by atoms with Gasteiger partial charge in [0.05, 0.1) is 12.3 Å². The van der Waals surface area contributed by atoms with E-state index < -0.39 is 0 Å². The van der Waals surface area contributed by atoms with E-state index in [9.17, 15) is 0 Å². The van der Waals surface area contributed by atoms with E-state index >= 15 is 0 Å². The van der Waals surface area contributed by atoms with E-state index in [4.69, 9.17) is 4.74 Å². The number of hydrogen-bond donors (Lipinski definition) is 1. The number of hydrogen-bond acceptors (Lipinski definition) is 4. The van der Waals surface area contributed by atoms with Crippen molar-refractivity contribution in [2.75, 3.05) is 32.8 Å². The Morgan fingerprint density at radius 3 is 2.42 bits per heavy atom. The molecule has 5 nitrogen and oxygen atoms in total. The van der Waals surface area contributed by atoms with Crippen molar-refractivity contribution in [1.82, 2.24) is 20.0 Å². The highest BCUT2D eigenvalue weighted by Gasteiger charge is 2.29. The maximum atomic E-state index is 6.05. The maximum absolute atomic E-state index is 6.05. The Morgan fingerprint density at radius 1 is 0.903 bits per heavy atom. The molecule has 31 heavy (non-hydrogen) atoms. The Morgan fingerprint density at radius 2 is 1.68 bits per heavy atom. The lowest BCUT2D eigenvalue weighted by molar-refractivity contribution is 0.0538. The van der Waals surface area contributed by atoms with Crippen molar-refractivity contribution >= 4 is 0 Å². The average Bonchev–Trinajstić information content (AvgIpc) is 3.58. The van der Waals surface area contributed by atoms with Gasteiger partial charge in [-0.3, -0.25) is 10.00 Å². The molecule has 0 bridgehead atoms. The Kier molecular flexibility index (Phi) is 7.64. The van der Waals surface area contributed by atoms with E-state index in [0.717, 1.165) is 31.7 Å². The van der Waals surface area contributed by atoms with Gasteiger partial charge in [-0.05, 0) is 70.4 Å². The fraction of sp³-hybridized carbons (Fsp3) is 0.885. The molecule has 2 saturated carbocycles. The van der Waals surface area contributed by atoms with Gasteiger partial charge in [0.25, 0.3) is 0 Å². The summed E-state index contributed by atoms with van der Waals surface area (Å²) in [6.45, 7) is 6.97. The van der Waals surface area contributed by atoms with Crippen LogP contribution in [0.1, 0.15) is 101 Å². The summed E-state index contributed by atoms with van der Waals surface area (Å²) in [5, 5.41) is 7.89. The molecule has 2 aliphatic carbocycles. The molecule has 5 rings (SSSR count). The zero-order chi connectivity index (χ0) is 20.9. The summed E-state index contributed by atoms with van der Waals surface area (Å²) in [7, 11) is 0. The van der Waals surface area contributed by atoms with Crippen molar-refractivity contribution in [3.8, 4) is 0 Å². The molecule has 0 aromatic carbocycles. The minimum absolute atomic E-state index is 0.434. The van der Waals surface area contributed by atoms with Crippen LogP contribution in [0.3, 0.4) is 0 Å². The highest BCUT2D eigenvalue weighted by atomic mass is 16.5. The molecule has 4 fully saturated rings. The minimum atomic E-state index is 0.434. The van der Waals surface area contributed by atoms with Gasteiger partial charge < -0.3 is 9.64 Å². The zero-order valence-electron chi connectivity index (χ0n) is 19.6. The summed E-state index contributed by atoms with van der Waals surface area (Å²) in [5.74, 6) is 1.54. The van der Waals surface area contributed by atoms with Crippen LogP contribution in [0, 0.1) is 5.92 Å². The van der Waals surface area contributed by atoms with E-state index in [0.29, 0.717) is 12.0 Å². The molecule has 2 aliphatic heterocycles. The Bertz CT molecular complexity index is 650. The van der Waals surface area contributed by atoms with Crippen LogP contribution in [0.5, 0.6) is 0 Å². The number of likely N-dealkylation sites (tertiary alicyclic amines) is 1. The number of nitrogens with zero attached hydrogens (tertiary/aromatic N) is 3. The van der Waals surface area contributed by atoms with Crippen LogP contribution in [-0.4, -0.2) is 64.9 Å². The summed E-state index contributed by atoms with van der Waals surface area (Å²) in [6, 6.07) is 0.896. The molecule has 3 heterocycles. The first-order chi connectivity index (χ1) is 15.3. The number of rotatable bonds is 8. The number of ether oxygens (including phenoxy) is 1. The Labute approximate surface area is 189 Å². The third-order valence-electron chi connectivity index (χ3n) is 8.65. The standard InChI is InChI=1S/C26H44N4O/c1-2-7-22(8-3-1)26-23(17-27-28-26)19-29(20-25-11-6-16-31-25)18-21-12-14-30(15-13-21)24-9-4-5-10-24/h17,21-22,24-25H,1-16,18-20H2,(H,27,28)/t25-/m0/s1. The lowest BCUT2D eigenvalue weighted by atomic mass is 9.85. The van der Waals surface area contributed by atoms with Crippen LogP contribution in [0.2, 0.25) is 0 Å². The van der Waals surface area contributed by atoms with Gasteiger partial charge in [-0.25, -0.2) is 0 Å². The molecule has 0 unspecified atom stereocenters. The van der Waals surface area contributed by atoms with E-state index in [1.807, 2.05) is 0 Å². The van der Waals surface area contributed by atoms with Crippen LogP contribution in [0.25, 0.3) is 0 Å². The third kappa shape index (κ3) is 5.72. The highest BCUT2D eigenvalue weighted by molar-refractivity contribution is 5.21. The fourth-order valence-electron chi connectivity index (χ4n) is 6.85. The van der Waals surface area contributed by atoms with Gasteiger partial charge in [0.1, 0.15) is 0 Å². The molecule has 5 heteroatoms. The molecule has 4 aliphatic rings. The molecule has 1 aromatic rings. The third-order valence-corrected chi connectivity index (χ3v) is 8.65. The van der Waals surface area contributed by atoms with Crippen LogP contribution >= 0.6 is 0 Å². The number of H-pyrrole nitrogens is 1. The average molecular weight is 429 g/mol. The first-order valence-corrected chi connectivity index (χ1v) is 13.5. The van der Waals surface area contributed by atoms with Gasteiger partial charge in [0.2, 0.25) is 0 Å². The van der Waals surface area contributed by atoms with Gasteiger partial charge in [-0.1, -0.05) is 32.1 Å². The first-order valence-electron chi connectivity index (χ1n) is 13.5. The second kappa shape index (κ2) is 10.8. The molecule has 1 aromatic heterocycles. The summed E-state index contributed by atoms with van der Waals surface area (Å²) < 4.78 is 6.05. The summed E-state index contributed by atoms with van der Waals surface area (Å²) >= 11 is 0. The first kappa shape index (κ1) is 21.9. The predicted octanol–water partition coefficient (Wildman–Crippen LogP) is 5.09. The smallest absolute Gasteiger partial charge is 0.0702 e. The summed E-state index contributed by atoms with van der Waals surface area (Å²) in [5.41, 5.74) is 2.89. The van der Waals surface area contributed by atoms with Crippen LogP contribution in [0.4, 0.5) is 0 Å². The van der Waals surface area contributed by atoms with Crippen molar-refractivity contribution in [2.24, 2.45) is 5.92 Å². The number of aromatic nitrogens is 2. The maximum Gasteiger partial charge on any atom is 0.0702 e. The van der Waals surface area contributed by atoms with Crippen LogP contribution in [0.15, 0.2) is 6.20 Å². The van der Waals surface area contributed by atoms with E-state index in [-0.39, 0.29) is 0 Å². The molecule has 174 valence electrons. The molecule has 0 radical (unpaired) electrons. The number of nitrogens with one attached hydrogen (secondary N) is 1. The van der Waals surface area contributed by atoms with E-state index in [1.165, 1.54) is 114 Å².